The van der Waals surface area contributed by atoms with Crippen molar-refractivity contribution in [3.8, 4) is 0 Å². The van der Waals surface area contributed by atoms with Crippen LogP contribution in [-0.2, 0) is 0 Å². The molecule has 0 saturated heterocycles. The molecule has 0 heterocycles. The summed E-state index contributed by atoms with van der Waals surface area (Å²) in [6.07, 6.45) is 51.6. The Hall–Kier alpha value is -0.680. The van der Waals surface area contributed by atoms with Crippen molar-refractivity contribution in [2.45, 2.75) is 206 Å². The molecule has 4 heteroatoms. The first kappa shape index (κ1) is 54.3. The molecule has 0 rings (SSSR count). The molecule has 0 aliphatic heterocycles. The zero-order valence-corrected chi connectivity index (χ0v) is 40.0. The summed E-state index contributed by atoms with van der Waals surface area (Å²) >= 11 is 0. The van der Waals surface area contributed by atoms with E-state index in [0.29, 0.717) is 0 Å². The minimum absolute atomic E-state index is 1.09. The van der Waals surface area contributed by atoms with Gasteiger partial charge in [0, 0.05) is 12.8 Å². The lowest BCUT2D eigenvalue weighted by Gasteiger charge is -2.37. The van der Waals surface area contributed by atoms with Gasteiger partial charge in [-0.1, -0.05) is 141 Å². The quantitative estimate of drug-likeness (QED) is 0.0357. The normalized spacial score (nSPS) is 14.4. The summed E-state index contributed by atoms with van der Waals surface area (Å²) in [5.41, 5.74) is 0. The molecule has 4 nitrogen and oxygen atoms in total. The first-order valence-electron chi connectivity index (χ1n) is 25.0. The molecule has 0 radical (unpaired) electrons. The number of nitrogens with one attached hydrogen (secondary N) is 1. The van der Waals surface area contributed by atoms with Crippen molar-refractivity contribution in [3.05, 3.63) is 24.3 Å². The monoisotopic (exact) mass is 777 g/mol. The largest absolute Gasteiger partial charge is 0.331 e. The lowest BCUT2D eigenvalue weighted by molar-refractivity contribution is -0.964. The van der Waals surface area contributed by atoms with Crippen molar-refractivity contribution in [2.24, 2.45) is 0 Å². The van der Waals surface area contributed by atoms with E-state index in [1.54, 1.807) is 0 Å². The lowest BCUT2D eigenvalue weighted by atomic mass is 10.1. The summed E-state index contributed by atoms with van der Waals surface area (Å²) in [6, 6.07) is 0. The van der Waals surface area contributed by atoms with Crippen LogP contribution in [0.2, 0.25) is 0 Å². The van der Waals surface area contributed by atoms with Crippen LogP contribution in [-0.4, -0.2) is 115 Å². The number of nitrogens with zero attached hydrogens (tertiary/aromatic N) is 3. The Morgan fingerprint density at radius 2 is 0.618 bits per heavy atom. The second kappa shape index (κ2) is 37.6. The molecular formula is C51H108N4+4. The maximum atomic E-state index is 2.61. The maximum Gasteiger partial charge on any atom is 0.128 e. The molecule has 0 amide bonds. The standard InChI is InChI=1S/C51H107N4/c1-10-12-14-16-18-20-22-24-26-28-30-32-34-36-38-40-44-52(45-42-47-53(3,4)5)46-51-55(9,50-43-48-54(6,7)8)49-41-39-37-35-33-31-29-27-25-23-21-19-17-15-13-11-2/h24-27H,10-23,28-51H2,1-9H3/q+3/p+1. The third-order valence-electron chi connectivity index (χ3n) is 12.1. The van der Waals surface area contributed by atoms with E-state index in [0.717, 1.165) is 8.97 Å². The minimum atomic E-state index is 1.09. The average molecular weight is 777 g/mol. The molecule has 0 aromatic rings. The maximum absolute atomic E-state index is 2.61. The highest BCUT2D eigenvalue weighted by atomic mass is 15.4. The molecule has 0 aromatic heterocycles. The third kappa shape index (κ3) is 42.7. The third-order valence-corrected chi connectivity index (χ3v) is 12.1. The smallest absolute Gasteiger partial charge is 0.128 e. The zero-order chi connectivity index (χ0) is 40.8. The fourth-order valence-electron chi connectivity index (χ4n) is 8.23. The highest BCUT2D eigenvalue weighted by Gasteiger charge is 2.25. The summed E-state index contributed by atoms with van der Waals surface area (Å²) in [5.74, 6) is 0. The van der Waals surface area contributed by atoms with Crippen LogP contribution in [0.5, 0.6) is 0 Å². The van der Waals surface area contributed by atoms with Crippen LogP contribution < -0.4 is 4.90 Å². The van der Waals surface area contributed by atoms with Gasteiger partial charge in [0.05, 0.1) is 88.6 Å². The Morgan fingerprint density at radius 3 is 1.04 bits per heavy atom. The van der Waals surface area contributed by atoms with Crippen LogP contribution in [0.25, 0.3) is 0 Å². The van der Waals surface area contributed by atoms with Crippen molar-refractivity contribution in [2.75, 3.05) is 102 Å². The molecule has 55 heavy (non-hydrogen) atoms. The summed E-state index contributed by atoms with van der Waals surface area (Å²) in [7, 11) is 16.8. The molecule has 0 spiro atoms. The van der Waals surface area contributed by atoms with Crippen LogP contribution in [0.3, 0.4) is 0 Å². The molecule has 0 aromatic carbocycles. The van der Waals surface area contributed by atoms with Gasteiger partial charge in [-0.05, 0) is 77.0 Å². The van der Waals surface area contributed by atoms with E-state index in [9.17, 15) is 0 Å². The van der Waals surface area contributed by atoms with E-state index in [2.05, 4.69) is 87.5 Å². The van der Waals surface area contributed by atoms with E-state index in [1.807, 2.05) is 4.90 Å². The van der Waals surface area contributed by atoms with Gasteiger partial charge in [-0.15, -0.1) is 0 Å². The van der Waals surface area contributed by atoms with Gasteiger partial charge in [-0.2, -0.15) is 0 Å². The summed E-state index contributed by atoms with van der Waals surface area (Å²) < 4.78 is 3.47. The fourth-order valence-corrected chi connectivity index (χ4v) is 8.23. The number of likely N-dealkylation sites (N-methyl/N-ethyl adjacent to an activating group) is 1. The zero-order valence-electron chi connectivity index (χ0n) is 40.0. The molecular weight excluding hydrogens is 669 g/mol. The van der Waals surface area contributed by atoms with Crippen molar-refractivity contribution >= 4 is 0 Å². The van der Waals surface area contributed by atoms with E-state index in [-0.39, 0.29) is 0 Å². The van der Waals surface area contributed by atoms with Crippen molar-refractivity contribution in [1.82, 2.24) is 0 Å². The number of hydrogen-bond acceptors (Lipinski definition) is 0. The number of hydrogen-bond donors (Lipinski definition) is 1. The van der Waals surface area contributed by atoms with Gasteiger partial charge in [0.1, 0.15) is 13.1 Å². The topological polar surface area (TPSA) is 4.44 Å². The van der Waals surface area contributed by atoms with Gasteiger partial charge in [0.15, 0.2) is 0 Å². The van der Waals surface area contributed by atoms with Gasteiger partial charge in [-0.25, -0.2) is 0 Å². The fraction of sp³-hybridized carbons (Fsp3) is 0.922. The predicted molar refractivity (Wildman–Crippen MR) is 250 cm³/mol. The molecule has 0 aliphatic rings. The average Bonchev–Trinajstić information content (AvgIpc) is 3.12. The van der Waals surface area contributed by atoms with Gasteiger partial charge in [0.2, 0.25) is 0 Å². The van der Waals surface area contributed by atoms with Crippen molar-refractivity contribution < 1.29 is 18.3 Å². The first-order valence-corrected chi connectivity index (χ1v) is 25.0. The second-order valence-electron chi connectivity index (χ2n) is 20.4. The molecule has 328 valence electrons. The molecule has 0 aliphatic carbocycles. The lowest BCUT2D eigenvalue weighted by Crippen LogP contribution is -3.13. The van der Waals surface area contributed by atoms with E-state index in [4.69, 9.17) is 0 Å². The van der Waals surface area contributed by atoms with Crippen LogP contribution in [0.1, 0.15) is 206 Å². The van der Waals surface area contributed by atoms with E-state index < -0.39 is 0 Å². The van der Waals surface area contributed by atoms with Gasteiger partial charge < -0.3 is 18.3 Å². The highest BCUT2D eigenvalue weighted by Crippen LogP contribution is 2.14. The van der Waals surface area contributed by atoms with Crippen LogP contribution >= 0.6 is 0 Å². The van der Waals surface area contributed by atoms with E-state index in [1.165, 1.54) is 249 Å². The molecule has 2 unspecified atom stereocenters. The van der Waals surface area contributed by atoms with Crippen LogP contribution in [0, 0.1) is 0 Å². The number of unbranched alkanes of at least 4 members (excludes halogenated alkanes) is 24. The SMILES string of the molecule is CCCCCCCCC=CCCCCCCCC[NH+](CCC[N+](C)(C)C)CC[N+](C)(CCCCCCCCC=CCCCCCCCC)CCC[N+](C)(C)C. The Labute approximate surface area is 349 Å². The Balaban J connectivity index is 4.57. The van der Waals surface area contributed by atoms with Gasteiger partial charge in [-0.3, -0.25) is 0 Å². The second-order valence-corrected chi connectivity index (χ2v) is 20.4. The predicted octanol–water partition coefficient (Wildman–Crippen LogP) is 12.6. The number of quaternary nitrogens is 4. The Morgan fingerprint density at radius 1 is 0.291 bits per heavy atom. The molecule has 1 N–H and O–H groups in total. The summed E-state index contributed by atoms with van der Waals surface area (Å²) in [4.78, 5) is 1.89. The minimum Gasteiger partial charge on any atom is -0.331 e. The first-order chi connectivity index (χ1) is 26.4. The van der Waals surface area contributed by atoms with Crippen LogP contribution in [0.4, 0.5) is 0 Å². The van der Waals surface area contributed by atoms with Crippen molar-refractivity contribution in [1.29, 1.82) is 0 Å². The van der Waals surface area contributed by atoms with Crippen molar-refractivity contribution in [3.63, 3.8) is 0 Å². The van der Waals surface area contributed by atoms with Gasteiger partial charge in [0.25, 0.3) is 0 Å². The highest BCUT2D eigenvalue weighted by molar-refractivity contribution is 4.82. The molecule has 0 bridgehead atoms. The van der Waals surface area contributed by atoms with Gasteiger partial charge >= 0.3 is 0 Å². The molecule has 2 atom stereocenters. The molecule has 0 saturated carbocycles. The Kier molecular flexibility index (Phi) is 37.1. The number of allylic oxidation sites excluding steroid dienone is 4. The van der Waals surface area contributed by atoms with E-state index >= 15 is 0 Å². The van der Waals surface area contributed by atoms with Crippen LogP contribution in [0.15, 0.2) is 24.3 Å². The summed E-state index contributed by atoms with van der Waals surface area (Å²) in [6.45, 7) is 15.4. The molecule has 0 fully saturated rings. The summed E-state index contributed by atoms with van der Waals surface area (Å²) in [5, 5.41) is 0. The Bertz CT molecular complexity index is 837. The number of rotatable bonds is 43.